The summed E-state index contributed by atoms with van der Waals surface area (Å²) in [5.74, 6) is 0.308. The minimum absolute atomic E-state index is 0.0211. The Kier molecular flexibility index (Phi) is 6.08. The zero-order valence-corrected chi connectivity index (χ0v) is 14.5. The molecule has 0 aliphatic carbocycles. The van der Waals surface area contributed by atoms with Gasteiger partial charge in [0.05, 0.1) is 21.8 Å². The molecule has 2 aromatic rings. The lowest BCUT2D eigenvalue weighted by Crippen LogP contribution is -2.28. The van der Waals surface area contributed by atoms with Crippen molar-refractivity contribution < 1.29 is 4.79 Å². The van der Waals surface area contributed by atoms with Gasteiger partial charge in [0.2, 0.25) is 5.91 Å². The molecule has 0 bridgehead atoms. The molecule has 0 saturated carbocycles. The molecule has 1 atom stereocenters. The third-order valence-corrected chi connectivity index (χ3v) is 4.49. The van der Waals surface area contributed by atoms with Crippen molar-refractivity contribution in [2.24, 2.45) is 0 Å². The van der Waals surface area contributed by atoms with E-state index in [2.05, 4.69) is 26.2 Å². The number of pyridine rings is 1. The maximum atomic E-state index is 11.9. The van der Waals surface area contributed by atoms with E-state index in [0.29, 0.717) is 10.8 Å². The van der Waals surface area contributed by atoms with E-state index in [1.165, 1.54) is 11.8 Å². The van der Waals surface area contributed by atoms with Gasteiger partial charge in [-0.05, 0) is 36.8 Å². The quantitative estimate of drug-likeness (QED) is 0.772. The standard InChI is InChI=1S/C15H14BrClN2OS/c1-10(11-2-4-12(16)5-3-11)19-14(20)9-21-15-7-6-13(17)8-18-15/h2-8,10H,9H2,1H3,(H,19,20). The van der Waals surface area contributed by atoms with Crippen molar-refractivity contribution in [3.8, 4) is 0 Å². The summed E-state index contributed by atoms with van der Waals surface area (Å²) in [7, 11) is 0. The molecule has 3 nitrogen and oxygen atoms in total. The van der Waals surface area contributed by atoms with E-state index in [1.54, 1.807) is 18.3 Å². The Hall–Kier alpha value is -1.04. The largest absolute Gasteiger partial charge is 0.349 e. The number of aromatic nitrogens is 1. The van der Waals surface area contributed by atoms with Gasteiger partial charge in [0, 0.05) is 10.7 Å². The van der Waals surface area contributed by atoms with Crippen molar-refractivity contribution >= 4 is 45.2 Å². The second-order valence-electron chi connectivity index (χ2n) is 4.44. The fourth-order valence-electron chi connectivity index (χ4n) is 1.71. The number of amides is 1. The van der Waals surface area contributed by atoms with Crippen LogP contribution in [0.2, 0.25) is 5.02 Å². The molecule has 6 heteroatoms. The number of carbonyl (C=O) groups is 1. The van der Waals surface area contributed by atoms with Crippen LogP contribution >= 0.6 is 39.3 Å². The molecule has 0 aliphatic heterocycles. The Bertz CT molecular complexity index is 604. The van der Waals surface area contributed by atoms with Gasteiger partial charge < -0.3 is 5.32 Å². The van der Waals surface area contributed by atoms with E-state index in [9.17, 15) is 4.79 Å². The van der Waals surface area contributed by atoms with E-state index in [4.69, 9.17) is 11.6 Å². The molecule has 1 N–H and O–H groups in total. The first-order valence-electron chi connectivity index (χ1n) is 6.34. The van der Waals surface area contributed by atoms with Crippen LogP contribution < -0.4 is 5.32 Å². The summed E-state index contributed by atoms with van der Waals surface area (Å²) in [4.78, 5) is 16.1. The van der Waals surface area contributed by atoms with Gasteiger partial charge in [-0.25, -0.2) is 4.98 Å². The Balaban J connectivity index is 1.83. The molecule has 110 valence electrons. The third kappa shape index (κ3) is 5.34. The molecular weight excluding hydrogens is 372 g/mol. The zero-order valence-electron chi connectivity index (χ0n) is 11.3. The average Bonchev–Trinajstić information content (AvgIpc) is 2.47. The summed E-state index contributed by atoms with van der Waals surface area (Å²) in [6, 6.07) is 11.4. The Morgan fingerprint density at radius 3 is 2.67 bits per heavy atom. The second-order valence-corrected chi connectivity index (χ2v) is 6.79. The predicted octanol–water partition coefficient (Wildman–Crippen LogP) is 4.47. The van der Waals surface area contributed by atoms with Crippen LogP contribution in [-0.4, -0.2) is 16.6 Å². The monoisotopic (exact) mass is 384 g/mol. The minimum Gasteiger partial charge on any atom is -0.349 e. The maximum Gasteiger partial charge on any atom is 0.230 e. The molecule has 0 fully saturated rings. The second kappa shape index (κ2) is 7.82. The number of nitrogens with zero attached hydrogens (tertiary/aromatic N) is 1. The van der Waals surface area contributed by atoms with Crippen LogP contribution in [0.5, 0.6) is 0 Å². The van der Waals surface area contributed by atoms with Crippen molar-refractivity contribution in [2.45, 2.75) is 18.0 Å². The molecule has 1 heterocycles. The topological polar surface area (TPSA) is 42.0 Å². The van der Waals surface area contributed by atoms with Gasteiger partial charge in [0.15, 0.2) is 0 Å². The van der Waals surface area contributed by atoms with Gasteiger partial charge >= 0.3 is 0 Å². The fourth-order valence-corrected chi connectivity index (χ4v) is 2.73. The SMILES string of the molecule is CC(NC(=O)CSc1ccc(Cl)cn1)c1ccc(Br)cc1. The molecule has 2 rings (SSSR count). The average molecular weight is 386 g/mol. The number of thioether (sulfide) groups is 1. The molecule has 1 amide bonds. The molecule has 1 aromatic carbocycles. The lowest BCUT2D eigenvalue weighted by atomic mass is 10.1. The Labute approximate surface area is 141 Å². The molecule has 1 unspecified atom stereocenters. The highest BCUT2D eigenvalue weighted by Crippen LogP contribution is 2.19. The number of nitrogens with one attached hydrogen (secondary N) is 1. The first-order chi connectivity index (χ1) is 10.0. The number of carbonyl (C=O) groups excluding carboxylic acids is 1. The van der Waals surface area contributed by atoms with Crippen molar-refractivity contribution in [1.29, 1.82) is 0 Å². The minimum atomic E-state index is -0.0237. The first kappa shape index (κ1) is 16.3. The van der Waals surface area contributed by atoms with E-state index in [1.807, 2.05) is 31.2 Å². The summed E-state index contributed by atoms with van der Waals surface area (Å²) in [6.45, 7) is 1.96. The van der Waals surface area contributed by atoms with Crippen LogP contribution in [0.4, 0.5) is 0 Å². The Morgan fingerprint density at radius 2 is 2.05 bits per heavy atom. The highest BCUT2D eigenvalue weighted by Gasteiger charge is 2.10. The van der Waals surface area contributed by atoms with Gasteiger partial charge in [-0.1, -0.05) is 51.4 Å². The molecule has 0 radical (unpaired) electrons. The predicted molar refractivity (Wildman–Crippen MR) is 90.7 cm³/mol. The van der Waals surface area contributed by atoms with Crippen molar-refractivity contribution in [1.82, 2.24) is 10.3 Å². The van der Waals surface area contributed by atoms with Gasteiger partial charge in [0.25, 0.3) is 0 Å². The van der Waals surface area contributed by atoms with E-state index in [-0.39, 0.29) is 11.9 Å². The number of hydrogen-bond donors (Lipinski definition) is 1. The summed E-state index contributed by atoms with van der Waals surface area (Å²) in [5, 5.41) is 4.34. The summed E-state index contributed by atoms with van der Waals surface area (Å²) in [6.07, 6.45) is 1.58. The van der Waals surface area contributed by atoms with Crippen molar-refractivity contribution in [3.05, 3.63) is 57.7 Å². The van der Waals surface area contributed by atoms with Crippen LogP contribution in [0.15, 0.2) is 52.1 Å². The lowest BCUT2D eigenvalue weighted by Gasteiger charge is -2.14. The molecule has 0 saturated heterocycles. The van der Waals surface area contributed by atoms with Gasteiger partial charge in [0.1, 0.15) is 0 Å². The van der Waals surface area contributed by atoms with Crippen molar-refractivity contribution in [3.63, 3.8) is 0 Å². The first-order valence-corrected chi connectivity index (χ1v) is 8.49. The van der Waals surface area contributed by atoms with Gasteiger partial charge in [-0.15, -0.1) is 0 Å². The summed E-state index contributed by atoms with van der Waals surface area (Å²) in [5.41, 5.74) is 1.07. The van der Waals surface area contributed by atoms with E-state index < -0.39 is 0 Å². The fraction of sp³-hybridized carbons (Fsp3) is 0.200. The maximum absolute atomic E-state index is 11.9. The number of benzene rings is 1. The molecule has 0 spiro atoms. The molecular formula is C15H14BrClN2OS. The molecule has 0 aliphatic rings. The Morgan fingerprint density at radius 1 is 1.33 bits per heavy atom. The molecule has 1 aromatic heterocycles. The zero-order chi connectivity index (χ0) is 15.2. The number of halogens is 2. The lowest BCUT2D eigenvalue weighted by molar-refractivity contribution is -0.119. The summed E-state index contributed by atoms with van der Waals surface area (Å²) < 4.78 is 1.02. The van der Waals surface area contributed by atoms with E-state index in [0.717, 1.165) is 15.1 Å². The van der Waals surface area contributed by atoms with Crippen LogP contribution in [0, 0.1) is 0 Å². The molecule has 21 heavy (non-hydrogen) atoms. The number of rotatable bonds is 5. The highest BCUT2D eigenvalue weighted by molar-refractivity contribution is 9.10. The van der Waals surface area contributed by atoms with Gasteiger partial charge in [-0.2, -0.15) is 0 Å². The highest BCUT2D eigenvalue weighted by atomic mass is 79.9. The van der Waals surface area contributed by atoms with E-state index >= 15 is 0 Å². The van der Waals surface area contributed by atoms with Crippen LogP contribution in [0.25, 0.3) is 0 Å². The number of hydrogen-bond acceptors (Lipinski definition) is 3. The van der Waals surface area contributed by atoms with Crippen molar-refractivity contribution in [2.75, 3.05) is 5.75 Å². The van der Waals surface area contributed by atoms with Crippen LogP contribution in [0.1, 0.15) is 18.5 Å². The summed E-state index contributed by atoms with van der Waals surface area (Å²) >= 11 is 10.5. The third-order valence-electron chi connectivity index (χ3n) is 2.80. The van der Waals surface area contributed by atoms with Crippen LogP contribution in [-0.2, 0) is 4.79 Å². The van der Waals surface area contributed by atoms with Gasteiger partial charge in [-0.3, -0.25) is 4.79 Å². The normalized spacial score (nSPS) is 12.0. The smallest absolute Gasteiger partial charge is 0.230 e. The van der Waals surface area contributed by atoms with Crippen LogP contribution in [0.3, 0.4) is 0 Å².